The van der Waals surface area contributed by atoms with E-state index >= 15 is 0 Å². The molecule has 10 heteroatoms. The van der Waals surface area contributed by atoms with Crippen LogP contribution in [0.1, 0.15) is 42.4 Å². The minimum absolute atomic E-state index is 0.152. The van der Waals surface area contributed by atoms with E-state index in [4.69, 9.17) is 27.8 Å². The lowest BCUT2D eigenvalue weighted by molar-refractivity contribution is -0.150. The fourth-order valence-electron chi connectivity index (χ4n) is 6.25. The number of nitrogens with one attached hydrogen (secondary N) is 2. The Bertz CT molecular complexity index is 1610. The summed E-state index contributed by atoms with van der Waals surface area (Å²) >= 11 is 0. The molecule has 3 heterocycles. The Kier molecular flexibility index (Phi) is 9.28. The monoisotopic (exact) mass is 655 g/mol. The van der Waals surface area contributed by atoms with Crippen molar-refractivity contribution in [2.45, 2.75) is 69.7 Å². The molecule has 3 saturated heterocycles. The maximum absolute atomic E-state index is 13.0. The first kappa shape index (κ1) is 31.8. The van der Waals surface area contributed by atoms with E-state index < -0.39 is 20.0 Å². The minimum Gasteiger partial charge on any atom is -0.451 e. The largest absolute Gasteiger partial charge is 0.458 e. The van der Waals surface area contributed by atoms with E-state index in [0.717, 1.165) is 22.3 Å². The van der Waals surface area contributed by atoms with Gasteiger partial charge in [-0.3, -0.25) is 0 Å². The van der Waals surface area contributed by atoms with Crippen LogP contribution in [0.25, 0.3) is 0 Å². The lowest BCUT2D eigenvalue weighted by Crippen LogP contribution is -2.47. The maximum atomic E-state index is 13.0. The molecule has 0 radical (unpaired) electrons. The second-order valence-corrected chi connectivity index (χ2v) is 14.7. The molecule has 47 heavy (non-hydrogen) atoms. The third-order valence-corrected chi connectivity index (χ3v) is 10.5. The van der Waals surface area contributed by atoms with Gasteiger partial charge in [0, 0.05) is 5.56 Å². The Hall–Kier alpha value is -3.82. The number of hydrogen-bond acceptors (Lipinski definition) is 7. The van der Waals surface area contributed by atoms with Gasteiger partial charge in [0.05, 0.1) is 12.1 Å². The molecule has 0 bridgehead atoms. The van der Waals surface area contributed by atoms with E-state index in [1.165, 1.54) is 0 Å². The highest BCUT2D eigenvalue weighted by molar-refractivity contribution is 7.62. The highest BCUT2D eigenvalue weighted by atomic mass is 31.2. The first-order chi connectivity index (χ1) is 22.8. The Morgan fingerprint density at radius 3 is 1.77 bits per heavy atom. The van der Waals surface area contributed by atoms with Crippen molar-refractivity contribution in [2.24, 2.45) is 0 Å². The Balaban J connectivity index is 1.00. The summed E-state index contributed by atoms with van der Waals surface area (Å²) in [7, 11) is -2.74. The van der Waals surface area contributed by atoms with Crippen LogP contribution in [0.15, 0.2) is 115 Å². The van der Waals surface area contributed by atoms with Crippen molar-refractivity contribution >= 4 is 14.0 Å². The van der Waals surface area contributed by atoms with E-state index in [9.17, 15) is 4.79 Å². The van der Waals surface area contributed by atoms with Gasteiger partial charge in [0.25, 0.3) is 12.6 Å². The van der Waals surface area contributed by atoms with E-state index in [1.807, 2.05) is 117 Å². The van der Waals surface area contributed by atoms with Gasteiger partial charge in [0.15, 0.2) is 5.79 Å². The topological polar surface area (TPSA) is 96.5 Å². The van der Waals surface area contributed by atoms with Gasteiger partial charge in [-0.25, -0.2) is 4.79 Å². The average molecular weight is 656 g/mol. The van der Waals surface area contributed by atoms with E-state index in [1.54, 1.807) is 0 Å². The SMILES string of the molecule is CC1(C)O[C@@H]2[C@@H](O1)[C@@H](Cc1ccc(OC[P+]3(OCc4ccccc4)OC(c4ccccc4)O3)cc1)NC(=O)N[C@@H]2Cc1ccccc1. The standard InChI is InChI=1S/C37H39N2O7P/c1-37(2)43-33-31(22-26-12-6-3-7-13-26)38-36(40)39-32(34(33)44-37)23-27-18-20-30(21-19-27)41-25-47(42-24-28-14-8-4-9-15-28)45-35(46-47)29-16-10-5-11-17-29/h3-21,31-35H,22-25H2,1-2H3,(H-,38,39,40)/p+1/t31-,32-,33+,34+,35?,47?/m1/s1. The van der Waals surface area contributed by atoms with Crippen molar-refractivity contribution in [1.82, 2.24) is 10.6 Å². The zero-order valence-electron chi connectivity index (χ0n) is 26.5. The number of benzene rings is 4. The molecule has 3 fully saturated rings. The fraction of sp³-hybridized carbons (Fsp3) is 0.324. The molecule has 2 N–H and O–H groups in total. The van der Waals surface area contributed by atoms with Gasteiger partial charge >= 0.3 is 14.0 Å². The summed E-state index contributed by atoms with van der Waals surface area (Å²) in [6, 6.07) is 36.9. The van der Waals surface area contributed by atoms with Crippen LogP contribution in [0.2, 0.25) is 0 Å². The Morgan fingerprint density at radius 2 is 1.19 bits per heavy atom. The van der Waals surface area contributed by atoms with Crippen LogP contribution in [0.3, 0.4) is 0 Å². The Morgan fingerprint density at radius 1 is 0.681 bits per heavy atom. The maximum Gasteiger partial charge on any atom is 0.458 e. The van der Waals surface area contributed by atoms with Gasteiger partial charge in [-0.05, 0) is 55.5 Å². The predicted octanol–water partition coefficient (Wildman–Crippen LogP) is 7.10. The second kappa shape index (κ2) is 13.7. The summed E-state index contributed by atoms with van der Waals surface area (Å²) in [5, 5.41) is 6.27. The molecular formula is C37H40N2O7P+. The number of hydrogen-bond donors (Lipinski definition) is 2. The highest BCUT2D eigenvalue weighted by Gasteiger charge is 2.62. The number of urea groups is 1. The quantitative estimate of drug-likeness (QED) is 0.166. The average Bonchev–Trinajstić information content (AvgIpc) is 3.35. The van der Waals surface area contributed by atoms with Gasteiger partial charge < -0.3 is 24.8 Å². The van der Waals surface area contributed by atoms with Gasteiger partial charge in [-0.2, -0.15) is 4.52 Å². The van der Waals surface area contributed by atoms with Gasteiger partial charge in [-0.1, -0.05) is 103 Å². The molecule has 0 saturated carbocycles. The molecule has 4 aromatic rings. The van der Waals surface area contributed by atoms with Crippen LogP contribution in [0.4, 0.5) is 4.79 Å². The van der Waals surface area contributed by atoms with Gasteiger partial charge in [0.1, 0.15) is 24.6 Å². The molecular weight excluding hydrogens is 615 g/mol. The van der Waals surface area contributed by atoms with Crippen LogP contribution in [-0.4, -0.2) is 42.5 Å². The normalized spacial score (nSPS) is 27.9. The summed E-state index contributed by atoms with van der Waals surface area (Å²) < 4.78 is 37.8. The number of carbonyl (C=O) groups excluding carboxylic acids is 1. The number of rotatable bonds is 11. The second-order valence-electron chi connectivity index (χ2n) is 12.5. The lowest BCUT2D eigenvalue weighted by atomic mass is 9.92. The fourth-order valence-corrected chi connectivity index (χ4v) is 8.07. The summed E-state index contributed by atoms with van der Waals surface area (Å²) in [6.07, 6.45) is 0.236. The molecule has 244 valence electrons. The molecule has 9 nitrogen and oxygen atoms in total. The number of amides is 2. The van der Waals surface area contributed by atoms with Crippen LogP contribution in [0, 0.1) is 0 Å². The molecule has 3 aliphatic heterocycles. The van der Waals surface area contributed by atoms with Crippen molar-refractivity contribution < 1.29 is 32.6 Å². The van der Waals surface area contributed by atoms with E-state index in [2.05, 4.69) is 22.8 Å². The smallest absolute Gasteiger partial charge is 0.451 e. The summed E-state index contributed by atoms with van der Waals surface area (Å²) in [5.41, 5.74) is 4.12. The van der Waals surface area contributed by atoms with Crippen molar-refractivity contribution in [3.8, 4) is 5.75 Å². The van der Waals surface area contributed by atoms with E-state index in [-0.39, 0.29) is 36.7 Å². The minimum atomic E-state index is -2.74. The Labute approximate surface area is 276 Å². The van der Waals surface area contributed by atoms with Gasteiger partial charge in [0.2, 0.25) is 0 Å². The van der Waals surface area contributed by atoms with Crippen LogP contribution in [-0.2, 0) is 42.5 Å². The lowest BCUT2D eigenvalue weighted by Gasteiger charge is -2.34. The van der Waals surface area contributed by atoms with Crippen LogP contribution in [0.5, 0.6) is 5.75 Å². The first-order valence-electron chi connectivity index (χ1n) is 16.0. The molecule has 2 amide bonds. The van der Waals surface area contributed by atoms with E-state index in [0.29, 0.717) is 25.2 Å². The van der Waals surface area contributed by atoms with Crippen molar-refractivity contribution in [1.29, 1.82) is 0 Å². The number of carbonyl (C=O) groups is 1. The van der Waals surface area contributed by atoms with Crippen molar-refractivity contribution in [2.75, 3.05) is 6.35 Å². The summed E-state index contributed by atoms with van der Waals surface area (Å²) in [6.45, 7) is 4.20. The molecule has 0 aliphatic carbocycles. The van der Waals surface area contributed by atoms with Crippen LogP contribution < -0.4 is 15.4 Å². The van der Waals surface area contributed by atoms with Crippen LogP contribution >= 0.6 is 7.94 Å². The molecule has 4 aromatic carbocycles. The first-order valence-corrected chi connectivity index (χ1v) is 17.7. The zero-order valence-corrected chi connectivity index (χ0v) is 27.4. The predicted molar refractivity (Wildman–Crippen MR) is 178 cm³/mol. The number of fused-ring (bicyclic) bond motifs is 1. The third kappa shape index (κ3) is 7.68. The molecule has 0 aromatic heterocycles. The third-order valence-electron chi connectivity index (χ3n) is 8.51. The molecule has 3 aliphatic rings. The zero-order chi connectivity index (χ0) is 32.3. The molecule has 7 rings (SSSR count). The van der Waals surface area contributed by atoms with Crippen molar-refractivity contribution in [3.63, 3.8) is 0 Å². The highest BCUT2D eigenvalue weighted by Crippen LogP contribution is 2.75. The molecule has 4 atom stereocenters. The summed E-state index contributed by atoms with van der Waals surface area (Å²) in [5.74, 6) is -0.0997. The summed E-state index contributed by atoms with van der Waals surface area (Å²) in [4.78, 5) is 13.0. The molecule has 0 unspecified atom stereocenters. The number of ether oxygens (including phenoxy) is 3. The molecule has 0 spiro atoms. The van der Waals surface area contributed by atoms with Crippen molar-refractivity contribution in [3.05, 3.63) is 138 Å². The van der Waals surface area contributed by atoms with Gasteiger partial charge in [-0.15, -0.1) is 9.05 Å².